The highest BCUT2D eigenvalue weighted by Crippen LogP contribution is 2.43. The molecule has 4 rings (SSSR count). The van der Waals surface area contributed by atoms with E-state index in [2.05, 4.69) is 4.98 Å². The molecule has 3 heterocycles. The van der Waals surface area contributed by atoms with Crippen LogP contribution in [0.1, 0.15) is 0 Å². The standard InChI is InChI=1S/C17H15ClN2O3S3/c18-12-3-5-13(6-4-12)26(22,23)17-15(20-8-10-25(21)11-9-20)14-2-1-7-19-16(14)24-17/h1-7H,8-11H2. The SMILES string of the molecule is O=S(=O)(c1ccc(Cl)cc1)c1sc2ncccc2c1N1CC[S+]([O-])CC1. The Hall–Kier alpha value is -1.32. The van der Waals surface area contributed by atoms with Crippen LogP contribution < -0.4 is 4.90 Å². The number of rotatable bonds is 3. The fourth-order valence-electron chi connectivity index (χ4n) is 2.96. The average molecular weight is 427 g/mol. The second-order valence-electron chi connectivity index (χ2n) is 5.89. The lowest BCUT2D eigenvalue weighted by atomic mass is 10.3. The van der Waals surface area contributed by atoms with Crippen molar-refractivity contribution in [3.05, 3.63) is 47.6 Å². The van der Waals surface area contributed by atoms with Gasteiger partial charge in [0.2, 0.25) is 9.84 Å². The van der Waals surface area contributed by atoms with Gasteiger partial charge in [-0.2, -0.15) is 0 Å². The second-order valence-corrected chi connectivity index (χ2v) is 11.2. The van der Waals surface area contributed by atoms with Gasteiger partial charge in [-0.15, -0.1) is 11.3 Å². The molecule has 0 aliphatic carbocycles. The van der Waals surface area contributed by atoms with Crippen molar-refractivity contribution in [1.29, 1.82) is 0 Å². The van der Waals surface area contributed by atoms with Crippen LogP contribution in [0.15, 0.2) is 51.7 Å². The smallest absolute Gasteiger partial charge is 0.218 e. The van der Waals surface area contributed by atoms with Gasteiger partial charge in [0.25, 0.3) is 0 Å². The Morgan fingerprint density at radius 2 is 1.85 bits per heavy atom. The lowest BCUT2D eigenvalue weighted by Crippen LogP contribution is -2.40. The first-order chi connectivity index (χ1) is 12.5. The number of sulfone groups is 1. The van der Waals surface area contributed by atoms with Crippen LogP contribution in [0.3, 0.4) is 0 Å². The zero-order chi connectivity index (χ0) is 18.3. The van der Waals surface area contributed by atoms with E-state index in [0.717, 1.165) is 5.39 Å². The quantitative estimate of drug-likeness (QED) is 0.600. The second kappa shape index (κ2) is 7.01. The van der Waals surface area contributed by atoms with Crippen LogP contribution in [0.4, 0.5) is 5.69 Å². The summed E-state index contributed by atoms with van der Waals surface area (Å²) in [5.74, 6) is 1.08. The molecule has 2 aromatic heterocycles. The number of anilines is 1. The van der Waals surface area contributed by atoms with Gasteiger partial charge >= 0.3 is 0 Å². The van der Waals surface area contributed by atoms with Gasteiger partial charge in [-0.05, 0) is 36.4 Å². The largest absolute Gasteiger partial charge is 0.616 e. The first-order valence-corrected chi connectivity index (χ1v) is 12.1. The predicted octanol–water partition coefficient (Wildman–Crippen LogP) is 3.35. The molecule has 1 fully saturated rings. The first-order valence-electron chi connectivity index (χ1n) is 7.95. The Morgan fingerprint density at radius 1 is 1.15 bits per heavy atom. The first kappa shape index (κ1) is 18.1. The molecule has 1 aliphatic rings. The Bertz CT molecular complexity index is 1040. The number of thiophene rings is 1. The number of fused-ring (bicyclic) bond motifs is 1. The molecule has 0 unspecified atom stereocenters. The number of benzene rings is 1. The summed E-state index contributed by atoms with van der Waals surface area (Å²) in [5.41, 5.74) is 0.671. The molecule has 9 heteroatoms. The van der Waals surface area contributed by atoms with E-state index in [0.29, 0.717) is 40.1 Å². The van der Waals surface area contributed by atoms with Gasteiger partial charge in [-0.1, -0.05) is 22.8 Å². The highest BCUT2D eigenvalue weighted by atomic mass is 35.5. The van der Waals surface area contributed by atoms with Crippen molar-refractivity contribution in [1.82, 2.24) is 4.98 Å². The summed E-state index contributed by atoms with van der Waals surface area (Å²) in [4.78, 5) is 7.24. The van der Waals surface area contributed by atoms with Crippen LogP contribution in [0.2, 0.25) is 5.02 Å². The molecule has 26 heavy (non-hydrogen) atoms. The van der Waals surface area contributed by atoms with Crippen molar-refractivity contribution >= 4 is 59.9 Å². The third-order valence-corrected chi connectivity index (χ3v) is 9.18. The van der Waals surface area contributed by atoms with Crippen LogP contribution in [-0.4, -0.2) is 42.5 Å². The van der Waals surface area contributed by atoms with E-state index < -0.39 is 21.0 Å². The molecule has 0 N–H and O–H groups in total. The van der Waals surface area contributed by atoms with E-state index in [4.69, 9.17) is 11.6 Å². The summed E-state index contributed by atoms with van der Waals surface area (Å²) >= 11 is 6.23. The highest BCUT2D eigenvalue weighted by molar-refractivity contribution is 7.94. The molecule has 136 valence electrons. The zero-order valence-corrected chi connectivity index (χ0v) is 16.8. The van der Waals surface area contributed by atoms with Crippen LogP contribution in [0.25, 0.3) is 10.2 Å². The summed E-state index contributed by atoms with van der Waals surface area (Å²) in [6.07, 6.45) is 1.66. The van der Waals surface area contributed by atoms with Gasteiger partial charge in [0.15, 0.2) is 4.21 Å². The van der Waals surface area contributed by atoms with Crippen molar-refractivity contribution < 1.29 is 13.0 Å². The minimum Gasteiger partial charge on any atom is -0.616 e. The molecular formula is C17H15ClN2O3S3. The molecule has 1 aromatic carbocycles. The van der Waals surface area contributed by atoms with Gasteiger partial charge < -0.3 is 9.45 Å². The van der Waals surface area contributed by atoms with E-state index in [1.807, 2.05) is 11.0 Å². The lowest BCUT2D eigenvalue weighted by molar-refractivity contribution is 0.585. The van der Waals surface area contributed by atoms with Crippen molar-refractivity contribution in [2.45, 2.75) is 9.10 Å². The van der Waals surface area contributed by atoms with Crippen LogP contribution >= 0.6 is 22.9 Å². The summed E-state index contributed by atoms with van der Waals surface area (Å²) in [6, 6.07) is 9.88. The van der Waals surface area contributed by atoms with Gasteiger partial charge in [0, 0.05) is 16.6 Å². The molecule has 0 radical (unpaired) electrons. The molecular weight excluding hydrogens is 412 g/mol. The number of pyridine rings is 1. The minimum atomic E-state index is -3.71. The van der Waals surface area contributed by atoms with E-state index in [1.165, 1.54) is 23.5 Å². The molecule has 0 saturated carbocycles. The maximum absolute atomic E-state index is 13.3. The van der Waals surface area contributed by atoms with Gasteiger partial charge in [0.1, 0.15) is 16.3 Å². The van der Waals surface area contributed by atoms with Crippen molar-refractivity contribution in [3.63, 3.8) is 0 Å². The van der Waals surface area contributed by atoms with Crippen LogP contribution in [-0.2, 0) is 21.0 Å². The fourth-order valence-corrected chi connectivity index (χ4v) is 7.21. The fraction of sp³-hybridized carbons (Fsp3) is 0.235. The molecule has 3 aromatic rings. The summed E-state index contributed by atoms with van der Waals surface area (Å²) in [7, 11) is -3.71. The molecule has 5 nitrogen and oxygen atoms in total. The van der Waals surface area contributed by atoms with Gasteiger partial charge in [0.05, 0.1) is 23.7 Å². The topological polar surface area (TPSA) is 73.3 Å². The zero-order valence-electron chi connectivity index (χ0n) is 13.6. The van der Waals surface area contributed by atoms with Crippen LogP contribution in [0.5, 0.6) is 0 Å². The average Bonchev–Trinajstić information content (AvgIpc) is 3.03. The number of hydrogen-bond acceptors (Lipinski definition) is 6. The molecule has 1 saturated heterocycles. The van der Waals surface area contributed by atoms with E-state index in [-0.39, 0.29) is 9.10 Å². The third kappa shape index (κ3) is 3.20. The van der Waals surface area contributed by atoms with Gasteiger partial charge in [-0.3, -0.25) is 0 Å². The van der Waals surface area contributed by atoms with E-state index >= 15 is 0 Å². The normalized spacial score (nSPS) is 16.3. The van der Waals surface area contributed by atoms with Gasteiger partial charge in [-0.25, -0.2) is 13.4 Å². The Balaban J connectivity index is 1.89. The number of hydrogen-bond donors (Lipinski definition) is 0. The molecule has 0 spiro atoms. The Labute approximate surface area is 163 Å². The molecule has 0 bridgehead atoms. The Kier molecular flexibility index (Phi) is 4.87. The maximum Gasteiger partial charge on any atom is 0.218 e. The third-order valence-electron chi connectivity index (χ3n) is 4.27. The van der Waals surface area contributed by atoms with Crippen LogP contribution in [0, 0.1) is 0 Å². The number of aromatic nitrogens is 1. The predicted molar refractivity (Wildman–Crippen MR) is 107 cm³/mol. The molecule has 0 amide bonds. The van der Waals surface area contributed by atoms with E-state index in [1.54, 1.807) is 24.4 Å². The Morgan fingerprint density at radius 3 is 2.54 bits per heavy atom. The summed E-state index contributed by atoms with van der Waals surface area (Å²) in [6.45, 7) is 1.13. The van der Waals surface area contributed by atoms with Crippen molar-refractivity contribution in [2.75, 3.05) is 29.5 Å². The number of nitrogens with zero attached hydrogens (tertiary/aromatic N) is 2. The summed E-state index contributed by atoms with van der Waals surface area (Å²) in [5, 5.41) is 1.30. The molecule has 0 atom stereocenters. The number of halogens is 1. The van der Waals surface area contributed by atoms with E-state index in [9.17, 15) is 13.0 Å². The monoisotopic (exact) mass is 426 g/mol. The highest BCUT2D eigenvalue weighted by Gasteiger charge is 2.31. The lowest BCUT2D eigenvalue weighted by Gasteiger charge is -2.30. The van der Waals surface area contributed by atoms with Crippen molar-refractivity contribution in [2.24, 2.45) is 0 Å². The maximum atomic E-state index is 13.3. The van der Waals surface area contributed by atoms with Crippen molar-refractivity contribution in [3.8, 4) is 0 Å². The summed E-state index contributed by atoms with van der Waals surface area (Å²) < 4.78 is 38.6. The molecule has 1 aliphatic heterocycles. The minimum absolute atomic E-state index is 0.204.